The van der Waals surface area contributed by atoms with Crippen molar-refractivity contribution in [3.05, 3.63) is 41.5 Å². The van der Waals surface area contributed by atoms with Crippen LogP contribution in [-0.2, 0) is 4.74 Å². The van der Waals surface area contributed by atoms with Crippen molar-refractivity contribution in [3.63, 3.8) is 0 Å². The van der Waals surface area contributed by atoms with Crippen molar-refractivity contribution in [1.82, 2.24) is 39.8 Å². The third kappa shape index (κ3) is 7.10. The van der Waals surface area contributed by atoms with Gasteiger partial charge in [0.1, 0.15) is 49.4 Å². The molecule has 4 fully saturated rings. The van der Waals surface area contributed by atoms with Gasteiger partial charge >= 0.3 is 12.1 Å². The number of hydrogen-bond acceptors (Lipinski definition) is 11. The van der Waals surface area contributed by atoms with Crippen LogP contribution in [0.25, 0.3) is 38.6 Å². The lowest BCUT2D eigenvalue weighted by molar-refractivity contribution is 0.0512. The summed E-state index contributed by atoms with van der Waals surface area (Å²) in [5.74, 6) is 2.54. The lowest BCUT2D eigenvalue weighted by Crippen LogP contribution is -2.55. The molecule has 334 valence electrons. The molecule has 0 unspecified atom stereocenters. The molecule has 1 amide bonds. The Labute approximate surface area is 365 Å². The standard InChI is InChI=1S/C45H54F3N9O5Si/c1-25(2)63(26(3)4,27(5)6)16-13-33-35(47)12-9-28-17-32(62-24-60-7)18-34(36(28)33)40-38(48)39-37(42-51-52-53-57(40)42)41(54-21-30-10-11-31(22-54)56(30)44(58)59)50-43(49-39)61-23-45-14-8-15-55(45)20-29(46)19-45/h9,12,17-18,25-27,29-31H,8,10-11,14-15,19-24H2,1-7H3,(H,58,59)/t29-,30-,31+,45+/m1/s1. The van der Waals surface area contributed by atoms with Crippen molar-refractivity contribution < 1.29 is 37.3 Å². The summed E-state index contributed by atoms with van der Waals surface area (Å²) in [6, 6.07) is 5.57. The van der Waals surface area contributed by atoms with Crippen molar-refractivity contribution in [2.45, 2.75) is 114 Å². The summed E-state index contributed by atoms with van der Waals surface area (Å²) in [6.45, 7) is 14.7. The summed E-state index contributed by atoms with van der Waals surface area (Å²) in [7, 11) is -0.888. The Hall–Kier alpha value is -5.25. The Morgan fingerprint density at radius 3 is 2.41 bits per heavy atom. The molecule has 4 saturated heterocycles. The highest BCUT2D eigenvalue weighted by atomic mass is 28.3. The second kappa shape index (κ2) is 16.4. The number of carbonyl (C=O) groups is 1. The predicted octanol–water partition coefficient (Wildman–Crippen LogP) is 8.00. The minimum absolute atomic E-state index is 0.0956. The zero-order valence-corrected chi connectivity index (χ0v) is 37.8. The average molecular weight is 886 g/mol. The highest BCUT2D eigenvalue weighted by molar-refractivity contribution is 6.90. The Balaban J connectivity index is 1.29. The first-order valence-electron chi connectivity index (χ1n) is 22.0. The molecule has 1 N–H and O–H groups in total. The summed E-state index contributed by atoms with van der Waals surface area (Å²) in [4.78, 5) is 27.5. The highest BCUT2D eigenvalue weighted by Gasteiger charge is 2.50. The van der Waals surface area contributed by atoms with Crippen LogP contribution in [0.4, 0.5) is 23.8 Å². The van der Waals surface area contributed by atoms with E-state index >= 15 is 8.78 Å². The van der Waals surface area contributed by atoms with Crippen LogP contribution in [0.3, 0.4) is 0 Å². The maximum Gasteiger partial charge on any atom is 0.407 e. The van der Waals surface area contributed by atoms with Crippen LogP contribution < -0.4 is 14.4 Å². The predicted molar refractivity (Wildman–Crippen MR) is 235 cm³/mol. The molecule has 4 aliphatic rings. The van der Waals surface area contributed by atoms with Crippen LogP contribution in [0, 0.1) is 23.1 Å². The molecule has 3 aromatic heterocycles. The number of halogens is 3. The number of anilines is 1. The van der Waals surface area contributed by atoms with Gasteiger partial charge < -0.3 is 24.2 Å². The Morgan fingerprint density at radius 1 is 1.00 bits per heavy atom. The number of amides is 1. The highest BCUT2D eigenvalue weighted by Crippen LogP contribution is 2.45. The quantitative estimate of drug-likeness (QED) is 0.0780. The van der Waals surface area contributed by atoms with Gasteiger partial charge in [-0.1, -0.05) is 53.5 Å². The van der Waals surface area contributed by atoms with Crippen molar-refractivity contribution in [1.29, 1.82) is 0 Å². The molecule has 4 aliphatic heterocycles. The molecular formula is C45H54F3N9O5Si. The molecule has 9 rings (SSSR count). The van der Waals surface area contributed by atoms with E-state index in [9.17, 15) is 14.3 Å². The molecule has 0 aliphatic carbocycles. The van der Waals surface area contributed by atoms with Crippen molar-refractivity contribution in [2.75, 3.05) is 51.6 Å². The molecule has 0 spiro atoms. The molecule has 0 saturated carbocycles. The van der Waals surface area contributed by atoms with E-state index in [4.69, 9.17) is 24.2 Å². The van der Waals surface area contributed by atoms with Gasteiger partial charge in [-0.15, -0.1) is 10.6 Å². The van der Waals surface area contributed by atoms with E-state index in [0.717, 1.165) is 19.4 Å². The molecule has 2 bridgehead atoms. The Bertz CT molecular complexity index is 2640. The van der Waals surface area contributed by atoms with Crippen molar-refractivity contribution in [3.8, 4) is 34.5 Å². The van der Waals surface area contributed by atoms with Crippen LogP contribution in [0.1, 0.15) is 79.2 Å². The molecule has 4 atom stereocenters. The summed E-state index contributed by atoms with van der Waals surface area (Å²) < 4.78 is 68.5. The van der Waals surface area contributed by atoms with Gasteiger partial charge in [0.25, 0.3) is 0 Å². The first-order valence-corrected chi connectivity index (χ1v) is 24.2. The zero-order chi connectivity index (χ0) is 44.5. The summed E-state index contributed by atoms with van der Waals surface area (Å²) in [5, 5.41) is 23.9. The third-order valence-electron chi connectivity index (χ3n) is 14.3. The first kappa shape index (κ1) is 43.0. The second-order valence-corrected chi connectivity index (χ2v) is 24.2. The van der Waals surface area contributed by atoms with Gasteiger partial charge in [0, 0.05) is 44.1 Å². The minimum Gasteiger partial charge on any atom is -0.468 e. The van der Waals surface area contributed by atoms with Gasteiger partial charge in [-0.3, -0.25) is 9.80 Å². The van der Waals surface area contributed by atoms with Gasteiger partial charge in [0.2, 0.25) is 0 Å². The number of rotatable bonds is 11. The van der Waals surface area contributed by atoms with Gasteiger partial charge in [-0.2, -0.15) is 14.5 Å². The molecule has 7 heterocycles. The number of ether oxygens (including phenoxy) is 3. The normalized spacial score (nSPS) is 22.6. The van der Waals surface area contributed by atoms with Crippen LogP contribution >= 0.6 is 0 Å². The molecular weight excluding hydrogens is 832 g/mol. The molecule has 18 heteroatoms. The number of pyridine rings is 1. The monoisotopic (exact) mass is 885 g/mol. The van der Waals surface area contributed by atoms with E-state index < -0.39 is 37.5 Å². The van der Waals surface area contributed by atoms with Crippen molar-refractivity contribution in [2.24, 2.45) is 0 Å². The van der Waals surface area contributed by atoms with Gasteiger partial charge in [-0.05, 0) is 82.9 Å². The number of alkyl halides is 1. The molecule has 5 aromatic rings. The molecule has 2 aromatic carbocycles. The van der Waals surface area contributed by atoms with E-state index in [0.29, 0.717) is 42.3 Å². The number of benzene rings is 2. The number of aromatic nitrogens is 6. The number of fused-ring (bicyclic) bond motifs is 7. The van der Waals surface area contributed by atoms with Crippen LogP contribution in [0.5, 0.6) is 11.8 Å². The van der Waals surface area contributed by atoms with E-state index in [1.54, 1.807) is 18.2 Å². The fourth-order valence-electron chi connectivity index (χ4n) is 11.6. The number of piperazine rings is 1. The van der Waals surface area contributed by atoms with Gasteiger partial charge in [-0.25, -0.2) is 18.0 Å². The third-order valence-corrected chi connectivity index (χ3v) is 20.6. The van der Waals surface area contributed by atoms with Gasteiger partial charge in [0.15, 0.2) is 18.3 Å². The number of methoxy groups -OCH3 is 1. The fourth-order valence-corrected chi connectivity index (χ4v) is 16.8. The SMILES string of the molecule is COCOc1cc(-c2c(F)c3nc(OC[C@@]45CCCN4C[C@H](F)C5)nc(N4C[C@H]5CC[C@@H](C4)N5C(=O)O)c3c3nnnn23)c2c(C#C[Si](C(C)C)(C(C)C)C(C)C)c(F)ccc2c1. The topological polar surface area (TPSA) is 144 Å². The largest absolute Gasteiger partial charge is 0.468 e. The molecule has 0 radical (unpaired) electrons. The minimum atomic E-state index is -2.38. The van der Waals surface area contributed by atoms with Crippen molar-refractivity contribution >= 4 is 47.3 Å². The lowest BCUT2D eigenvalue weighted by Gasteiger charge is -2.40. The van der Waals surface area contributed by atoms with E-state index in [1.807, 2.05) is 4.90 Å². The lowest BCUT2D eigenvalue weighted by atomic mass is 9.95. The summed E-state index contributed by atoms with van der Waals surface area (Å²) in [6.07, 6.45) is 1.29. The maximum atomic E-state index is 18.3. The molecule has 14 nitrogen and oxygen atoms in total. The summed E-state index contributed by atoms with van der Waals surface area (Å²) >= 11 is 0. The second-order valence-electron chi connectivity index (χ2n) is 18.7. The first-order chi connectivity index (χ1) is 30.2. The smallest absolute Gasteiger partial charge is 0.407 e. The fraction of sp³-hybridized carbons (Fsp3) is 0.556. The number of carboxylic acid groups (broad SMARTS) is 1. The maximum absolute atomic E-state index is 18.3. The Morgan fingerprint density at radius 2 is 1.73 bits per heavy atom. The number of tetrazole rings is 1. The van der Waals surface area contributed by atoms with E-state index in [2.05, 4.69) is 73.4 Å². The summed E-state index contributed by atoms with van der Waals surface area (Å²) in [5.41, 5.74) is 4.10. The average Bonchev–Trinajstić information content (AvgIpc) is 4.01. The zero-order valence-electron chi connectivity index (χ0n) is 36.8. The Kier molecular flexibility index (Phi) is 11.2. The van der Waals surface area contributed by atoms with Crippen LogP contribution in [-0.4, -0.2) is 130 Å². The molecule has 63 heavy (non-hydrogen) atoms. The van der Waals surface area contributed by atoms with Gasteiger partial charge in [0.05, 0.1) is 28.6 Å². The number of nitrogens with zero attached hydrogens (tertiary/aromatic N) is 9. The van der Waals surface area contributed by atoms with E-state index in [1.165, 1.54) is 22.6 Å². The van der Waals surface area contributed by atoms with Crippen LogP contribution in [0.15, 0.2) is 24.3 Å². The van der Waals surface area contributed by atoms with E-state index in [-0.39, 0.29) is 100 Å². The number of hydrogen-bond donors (Lipinski definition) is 1. The van der Waals surface area contributed by atoms with Crippen LogP contribution in [0.2, 0.25) is 16.6 Å².